The summed E-state index contributed by atoms with van der Waals surface area (Å²) in [6, 6.07) is 0. The largest absolute Gasteiger partial charge is 0.463 e. The van der Waals surface area contributed by atoms with Gasteiger partial charge in [-0.05, 0) is 0 Å². The molecule has 0 spiro atoms. The predicted molar refractivity (Wildman–Crippen MR) is 89.4 cm³/mol. The van der Waals surface area contributed by atoms with E-state index in [4.69, 9.17) is 18.9 Å². The van der Waals surface area contributed by atoms with Gasteiger partial charge < -0.3 is 18.9 Å². The van der Waals surface area contributed by atoms with E-state index < -0.39 is 0 Å². The fourth-order valence-electron chi connectivity index (χ4n) is 2.34. The van der Waals surface area contributed by atoms with Gasteiger partial charge in [-0.15, -0.1) is 0 Å². The van der Waals surface area contributed by atoms with Crippen molar-refractivity contribution in [2.24, 2.45) is 11.8 Å². The molecule has 0 radical (unpaired) electrons. The number of cyclic esters (lactones) is 2. The Morgan fingerprint density at radius 2 is 1.21 bits per heavy atom. The molecule has 6 nitrogen and oxygen atoms in total. The smallest absolute Gasteiger partial charge is 0.309 e. The van der Waals surface area contributed by atoms with Crippen molar-refractivity contribution in [3.8, 4) is 0 Å². The van der Waals surface area contributed by atoms with Crippen molar-refractivity contribution in [3.05, 3.63) is 24.3 Å². The Kier molecular flexibility index (Phi) is 9.34. The second-order valence-electron chi connectivity index (χ2n) is 5.90. The zero-order chi connectivity index (χ0) is 17.9. The Balaban J connectivity index is 2.80. The third-order valence-corrected chi connectivity index (χ3v) is 4.04. The van der Waals surface area contributed by atoms with Gasteiger partial charge in [-0.25, -0.2) is 0 Å². The summed E-state index contributed by atoms with van der Waals surface area (Å²) in [4.78, 5) is 23.6. The molecule has 0 fully saturated rings. The third kappa shape index (κ3) is 7.27. The van der Waals surface area contributed by atoms with Crippen LogP contribution < -0.4 is 0 Å². The second-order valence-corrected chi connectivity index (χ2v) is 5.90. The molecular formula is C18H28O6. The van der Waals surface area contributed by atoms with Crippen LogP contribution in [0.15, 0.2) is 24.3 Å². The van der Waals surface area contributed by atoms with Gasteiger partial charge in [-0.2, -0.15) is 0 Å². The fourth-order valence-corrected chi connectivity index (χ4v) is 2.34. The number of ether oxygens (including phenoxy) is 4. The molecule has 4 atom stereocenters. The van der Waals surface area contributed by atoms with Gasteiger partial charge in [0.2, 0.25) is 0 Å². The lowest BCUT2D eigenvalue weighted by atomic mass is 10.0. The summed E-state index contributed by atoms with van der Waals surface area (Å²) in [5.41, 5.74) is 0. The molecule has 0 bridgehead atoms. The lowest BCUT2D eigenvalue weighted by molar-refractivity contribution is -0.147. The van der Waals surface area contributed by atoms with Crippen LogP contribution in [0.4, 0.5) is 0 Å². The van der Waals surface area contributed by atoms with Gasteiger partial charge in [0, 0.05) is 26.1 Å². The van der Waals surface area contributed by atoms with Crippen molar-refractivity contribution in [2.45, 2.75) is 38.9 Å². The molecule has 24 heavy (non-hydrogen) atoms. The molecule has 0 amide bonds. The maximum Gasteiger partial charge on any atom is 0.309 e. The van der Waals surface area contributed by atoms with E-state index in [0.717, 1.165) is 0 Å². The second kappa shape index (κ2) is 11.0. The highest BCUT2D eigenvalue weighted by molar-refractivity contribution is 5.71. The van der Waals surface area contributed by atoms with Crippen molar-refractivity contribution in [3.63, 3.8) is 0 Å². The summed E-state index contributed by atoms with van der Waals surface area (Å²) in [7, 11) is 3.14. The Morgan fingerprint density at radius 3 is 1.54 bits per heavy atom. The van der Waals surface area contributed by atoms with Crippen LogP contribution in [0.25, 0.3) is 0 Å². The van der Waals surface area contributed by atoms with Gasteiger partial charge >= 0.3 is 11.9 Å². The van der Waals surface area contributed by atoms with Gasteiger partial charge in [0.15, 0.2) is 0 Å². The first-order chi connectivity index (χ1) is 11.5. The number of carbonyl (C=O) groups excluding carboxylic acids is 2. The minimum Gasteiger partial charge on any atom is -0.463 e. The Bertz CT molecular complexity index is 414. The summed E-state index contributed by atoms with van der Waals surface area (Å²) < 4.78 is 21.2. The number of rotatable bonds is 2. The molecule has 1 heterocycles. The van der Waals surface area contributed by atoms with Gasteiger partial charge in [-0.1, -0.05) is 38.2 Å². The number of hydrogen-bond acceptors (Lipinski definition) is 6. The summed E-state index contributed by atoms with van der Waals surface area (Å²) in [5, 5.41) is 0. The molecule has 1 rings (SSSR count). The van der Waals surface area contributed by atoms with Crippen LogP contribution in [0.3, 0.4) is 0 Å². The van der Waals surface area contributed by atoms with Crippen molar-refractivity contribution in [1.29, 1.82) is 0 Å². The molecule has 136 valence electrons. The first-order valence-electron chi connectivity index (χ1n) is 8.18. The van der Waals surface area contributed by atoms with Gasteiger partial charge in [0.05, 0.1) is 25.0 Å². The molecular weight excluding hydrogens is 312 g/mol. The standard InChI is InChI=1S/C18H28O6/c1-13-7-5-9-17(19)24-12-16(22-4)14(2)8-6-10-18(20)23-11-15(13)21-3/h5-8,13-16H,9-12H2,1-4H3/b7-5+,8-6+/t13-,14-,15-,16?/m0/s1. The highest BCUT2D eigenvalue weighted by atomic mass is 16.6. The van der Waals surface area contributed by atoms with E-state index in [1.807, 2.05) is 26.0 Å². The fraction of sp³-hybridized carbons (Fsp3) is 0.667. The normalized spacial score (nSPS) is 33.3. The molecule has 0 N–H and O–H groups in total. The lowest BCUT2D eigenvalue weighted by Crippen LogP contribution is -2.27. The van der Waals surface area contributed by atoms with E-state index in [2.05, 4.69) is 0 Å². The summed E-state index contributed by atoms with van der Waals surface area (Å²) >= 11 is 0. The molecule has 0 aliphatic carbocycles. The highest BCUT2D eigenvalue weighted by Gasteiger charge is 2.19. The quantitative estimate of drug-likeness (QED) is 0.567. The maximum absolute atomic E-state index is 11.8. The molecule has 0 aromatic heterocycles. The highest BCUT2D eigenvalue weighted by Crippen LogP contribution is 2.13. The molecule has 1 aliphatic heterocycles. The van der Waals surface area contributed by atoms with Crippen LogP contribution >= 0.6 is 0 Å². The van der Waals surface area contributed by atoms with E-state index in [-0.39, 0.29) is 62.0 Å². The van der Waals surface area contributed by atoms with Crippen LogP contribution in [0.2, 0.25) is 0 Å². The maximum atomic E-state index is 11.8. The number of methoxy groups -OCH3 is 2. The number of carbonyl (C=O) groups is 2. The summed E-state index contributed by atoms with van der Waals surface area (Å²) in [6.45, 7) is 4.23. The molecule has 1 unspecified atom stereocenters. The minimum absolute atomic E-state index is 0.00536. The number of esters is 2. The van der Waals surface area contributed by atoms with Crippen molar-refractivity contribution >= 4 is 11.9 Å². The Hall–Kier alpha value is -1.66. The third-order valence-electron chi connectivity index (χ3n) is 4.04. The topological polar surface area (TPSA) is 71.1 Å². The van der Waals surface area contributed by atoms with Crippen LogP contribution in [0.1, 0.15) is 26.7 Å². The lowest BCUT2D eigenvalue weighted by Gasteiger charge is -2.21. The van der Waals surface area contributed by atoms with Crippen molar-refractivity contribution in [2.75, 3.05) is 27.4 Å². The van der Waals surface area contributed by atoms with Gasteiger partial charge in [0.1, 0.15) is 13.2 Å². The van der Waals surface area contributed by atoms with Gasteiger partial charge in [-0.3, -0.25) is 9.59 Å². The van der Waals surface area contributed by atoms with Crippen LogP contribution in [0, 0.1) is 11.8 Å². The Morgan fingerprint density at radius 1 is 0.833 bits per heavy atom. The average Bonchev–Trinajstić information content (AvgIpc) is 2.55. The van der Waals surface area contributed by atoms with Crippen LogP contribution in [-0.4, -0.2) is 51.6 Å². The van der Waals surface area contributed by atoms with E-state index in [1.54, 1.807) is 26.4 Å². The first kappa shape index (κ1) is 20.4. The zero-order valence-corrected chi connectivity index (χ0v) is 14.9. The first-order valence-corrected chi connectivity index (χ1v) is 8.18. The Labute approximate surface area is 143 Å². The minimum atomic E-state index is -0.302. The summed E-state index contributed by atoms with van der Waals surface area (Å²) in [5.74, 6) is -0.593. The van der Waals surface area contributed by atoms with Crippen LogP contribution in [0.5, 0.6) is 0 Å². The molecule has 1 aliphatic rings. The summed E-state index contributed by atoms with van der Waals surface area (Å²) in [6.07, 6.45) is 7.08. The predicted octanol–water partition coefficient (Wildman–Crippen LogP) is 2.28. The van der Waals surface area contributed by atoms with Crippen LogP contribution in [-0.2, 0) is 28.5 Å². The van der Waals surface area contributed by atoms with Crippen molar-refractivity contribution in [1.82, 2.24) is 0 Å². The van der Waals surface area contributed by atoms with Crippen molar-refractivity contribution < 1.29 is 28.5 Å². The van der Waals surface area contributed by atoms with E-state index in [9.17, 15) is 9.59 Å². The average molecular weight is 340 g/mol. The molecule has 0 aromatic carbocycles. The molecule has 0 aromatic rings. The van der Waals surface area contributed by atoms with E-state index >= 15 is 0 Å². The molecule has 6 heteroatoms. The zero-order valence-electron chi connectivity index (χ0n) is 14.9. The van der Waals surface area contributed by atoms with E-state index in [1.165, 1.54) is 0 Å². The molecule has 0 saturated heterocycles. The number of hydrogen-bond donors (Lipinski definition) is 0. The van der Waals surface area contributed by atoms with E-state index in [0.29, 0.717) is 0 Å². The SMILES string of the molecule is COC1COC(=O)C/C=C/[C@H](C)[C@@H](OC)COC(=O)C/C=C/[C@@H]1C. The van der Waals surface area contributed by atoms with Gasteiger partial charge in [0.25, 0.3) is 0 Å². The monoisotopic (exact) mass is 340 g/mol. The molecule has 0 saturated carbocycles.